The van der Waals surface area contributed by atoms with E-state index in [0.717, 1.165) is 24.8 Å². The van der Waals surface area contributed by atoms with E-state index in [0.29, 0.717) is 6.04 Å². The molecule has 1 N–H and O–H groups in total. The lowest BCUT2D eigenvalue weighted by Gasteiger charge is -2.25. The average molecular weight is 249 g/mol. The van der Waals surface area contributed by atoms with Crippen molar-refractivity contribution in [3.8, 4) is 0 Å². The van der Waals surface area contributed by atoms with E-state index in [1.807, 2.05) is 17.9 Å². The highest BCUT2D eigenvalue weighted by Gasteiger charge is 2.32. The van der Waals surface area contributed by atoms with Crippen LogP contribution in [-0.4, -0.2) is 22.4 Å². The molecule has 1 aromatic heterocycles. The molecule has 102 valence electrons. The Kier molecular flexibility index (Phi) is 4.81. The van der Waals surface area contributed by atoms with Crippen molar-refractivity contribution in [2.45, 2.75) is 52.0 Å². The molecular formula is C15H27N3. The summed E-state index contributed by atoms with van der Waals surface area (Å²) in [6.45, 7) is 5.81. The lowest BCUT2D eigenvalue weighted by atomic mass is 9.92. The monoisotopic (exact) mass is 249 g/mol. The molecule has 0 radical (unpaired) electrons. The van der Waals surface area contributed by atoms with Crippen molar-refractivity contribution in [3.63, 3.8) is 0 Å². The van der Waals surface area contributed by atoms with Crippen LogP contribution in [0.4, 0.5) is 0 Å². The van der Waals surface area contributed by atoms with Gasteiger partial charge in [0.05, 0.1) is 0 Å². The van der Waals surface area contributed by atoms with E-state index < -0.39 is 0 Å². The molecule has 1 aromatic rings. The summed E-state index contributed by atoms with van der Waals surface area (Å²) >= 11 is 0. The Morgan fingerprint density at radius 3 is 2.83 bits per heavy atom. The fraction of sp³-hybridized carbons (Fsp3) is 0.800. The van der Waals surface area contributed by atoms with Gasteiger partial charge >= 0.3 is 0 Å². The molecule has 0 aliphatic heterocycles. The molecule has 1 fully saturated rings. The average Bonchev–Trinajstić information content (AvgIpc) is 3.13. The van der Waals surface area contributed by atoms with E-state index in [1.54, 1.807) is 0 Å². The highest BCUT2D eigenvalue weighted by atomic mass is 15.2. The number of rotatable bonds is 8. The smallest absolute Gasteiger partial charge is 0.0492 e. The molecule has 0 amide bonds. The Balaban J connectivity index is 1.85. The molecule has 0 spiro atoms. The second kappa shape index (κ2) is 6.37. The quantitative estimate of drug-likeness (QED) is 0.768. The second-order valence-corrected chi connectivity index (χ2v) is 5.74. The van der Waals surface area contributed by atoms with Gasteiger partial charge in [0.1, 0.15) is 0 Å². The van der Waals surface area contributed by atoms with E-state index in [4.69, 9.17) is 0 Å². The van der Waals surface area contributed by atoms with E-state index in [1.165, 1.54) is 31.4 Å². The summed E-state index contributed by atoms with van der Waals surface area (Å²) in [5.41, 5.74) is 1.35. The first-order chi connectivity index (χ1) is 8.72. The van der Waals surface area contributed by atoms with Gasteiger partial charge in [-0.25, -0.2) is 0 Å². The maximum Gasteiger partial charge on any atom is 0.0492 e. The molecule has 3 nitrogen and oxygen atoms in total. The topological polar surface area (TPSA) is 29.9 Å². The number of hydrogen-bond donors (Lipinski definition) is 1. The summed E-state index contributed by atoms with van der Waals surface area (Å²) in [6, 6.07) is 2.81. The van der Waals surface area contributed by atoms with Gasteiger partial charge in [-0.3, -0.25) is 4.68 Å². The van der Waals surface area contributed by atoms with Gasteiger partial charge in [-0.1, -0.05) is 13.8 Å². The molecule has 3 heteroatoms. The standard InChI is InChI=1S/C15H27N3/c1-4-10-16-15(12(2)13-5-6-13)8-7-14-9-11-17-18(14)3/h9,11-13,15-16H,4-8,10H2,1-3H3. The molecule has 0 aromatic carbocycles. The van der Waals surface area contributed by atoms with Crippen molar-refractivity contribution < 1.29 is 0 Å². The van der Waals surface area contributed by atoms with Gasteiger partial charge in [-0.2, -0.15) is 5.10 Å². The number of hydrogen-bond acceptors (Lipinski definition) is 2. The Morgan fingerprint density at radius 2 is 2.28 bits per heavy atom. The second-order valence-electron chi connectivity index (χ2n) is 5.74. The van der Waals surface area contributed by atoms with Crippen LogP contribution in [0.2, 0.25) is 0 Å². The fourth-order valence-corrected chi connectivity index (χ4v) is 2.78. The predicted molar refractivity (Wildman–Crippen MR) is 75.5 cm³/mol. The summed E-state index contributed by atoms with van der Waals surface area (Å²) < 4.78 is 2.00. The zero-order valence-electron chi connectivity index (χ0n) is 12.0. The normalized spacial score (nSPS) is 18.8. The number of nitrogens with zero attached hydrogens (tertiary/aromatic N) is 2. The van der Waals surface area contributed by atoms with E-state index in [-0.39, 0.29) is 0 Å². The van der Waals surface area contributed by atoms with Crippen LogP contribution in [0, 0.1) is 11.8 Å². The lowest BCUT2D eigenvalue weighted by molar-refractivity contribution is 0.323. The number of aryl methyl sites for hydroxylation is 2. The largest absolute Gasteiger partial charge is 0.314 e. The van der Waals surface area contributed by atoms with Crippen LogP contribution in [0.1, 0.15) is 45.2 Å². The molecule has 1 aliphatic rings. The maximum atomic E-state index is 4.25. The van der Waals surface area contributed by atoms with Crippen LogP contribution in [0.25, 0.3) is 0 Å². The Labute approximate surface area is 111 Å². The summed E-state index contributed by atoms with van der Waals surface area (Å²) in [5, 5.41) is 7.99. The van der Waals surface area contributed by atoms with Gasteiger partial charge in [-0.15, -0.1) is 0 Å². The van der Waals surface area contributed by atoms with Crippen molar-refractivity contribution in [2.75, 3.05) is 6.54 Å². The molecule has 2 rings (SSSR count). The highest BCUT2D eigenvalue weighted by Crippen LogP contribution is 2.39. The Morgan fingerprint density at radius 1 is 1.50 bits per heavy atom. The highest BCUT2D eigenvalue weighted by molar-refractivity contribution is 5.01. The third kappa shape index (κ3) is 3.58. The molecular weight excluding hydrogens is 222 g/mol. The molecule has 1 heterocycles. The van der Waals surface area contributed by atoms with Crippen molar-refractivity contribution in [1.82, 2.24) is 15.1 Å². The fourth-order valence-electron chi connectivity index (χ4n) is 2.78. The van der Waals surface area contributed by atoms with Crippen molar-refractivity contribution in [2.24, 2.45) is 18.9 Å². The van der Waals surface area contributed by atoms with Crippen LogP contribution in [0.5, 0.6) is 0 Å². The summed E-state index contributed by atoms with van der Waals surface area (Å²) in [6.07, 6.45) is 8.37. The molecule has 2 atom stereocenters. The van der Waals surface area contributed by atoms with Crippen LogP contribution in [-0.2, 0) is 13.5 Å². The Hall–Kier alpha value is -0.830. The molecule has 1 aliphatic carbocycles. The zero-order chi connectivity index (χ0) is 13.0. The zero-order valence-corrected chi connectivity index (χ0v) is 12.0. The van der Waals surface area contributed by atoms with Gasteiger partial charge < -0.3 is 5.32 Å². The molecule has 18 heavy (non-hydrogen) atoms. The third-order valence-electron chi connectivity index (χ3n) is 4.29. The summed E-state index contributed by atoms with van der Waals surface area (Å²) in [7, 11) is 2.04. The third-order valence-corrected chi connectivity index (χ3v) is 4.29. The van der Waals surface area contributed by atoms with E-state index in [2.05, 4.69) is 30.3 Å². The van der Waals surface area contributed by atoms with Crippen LogP contribution in [0.15, 0.2) is 12.3 Å². The molecule has 0 bridgehead atoms. The predicted octanol–water partition coefficient (Wildman–Crippen LogP) is 2.77. The first kappa shape index (κ1) is 13.6. The van der Waals surface area contributed by atoms with Crippen LogP contribution < -0.4 is 5.32 Å². The van der Waals surface area contributed by atoms with Gasteiger partial charge in [-0.05, 0) is 56.6 Å². The van der Waals surface area contributed by atoms with Gasteiger partial charge in [0.2, 0.25) is 0 Å². The minimum absolute atomic E-state index is 0.673. The lowest BCUT2D eigenvalue weighted by Crippen LogP contribution is -2.37. The number of nitrogens with one attached hydrogen (secondary N) is 1. The van der Waals surface area contributed by atoms with Gasteiger partial charge in [0.25, 0.3) is 0 Å². The maximum absolute atomic E-state index is 4.25. The molecule has 0 saturated heterocycles. The first-order valence-electron chi connectivity index (χ1n) is 7.42. The van der Waals surface area contributed by atoms with Crippen molar-refractivity contribution in [1.29, 1.82) is 0 Å². The van der Waals surface area contributed by atoms with Gasteiger partial charge in [0.15, 0.2) is 0 Å². The first-order valence-corrected chi connectivity index (χ1v) is 7.42. The van der Waals surface area contributed by atoms with Crippen LogP contribution >= 0.6 is 0 Å². The minimum Gasteiger partial charge on any atom is -0.314 e. The van der Waals surface area contributed by atoms with Crippen molar-refractivity contribution >= 4 is 0 Å². The Bertz CT molecular complexity index is 354. The SMILES string of the molecule is CCCNC(CCc1ccnn1C)C(C)C1CC1. The number of aromatic nitrogens is 2. The molecule has 2 unspecified atom stereocenters. The van der Waals surface area contributed by atoms with Crippen molar-refractivity contribution in [3.05, 3.63) is 18.0 Å². The van der Waals surface area contributed by atoms with E-state index in [9.17, 15) is 0 Å². The minimum atomic E-state index is 0.673. The van der Waals surface area contributed by atoms with Gasteiger partial charge in [0, 0.05) is 25.0 Å². The summed E-state index contributed by atoms with van der Waals surface area (Å²) in [4.78, 5) is 0. The molecule has 1 saturated carbocycles. The van der Waals surface area contributed by atoms with Crippen LogP contribution in [0.3, 0.4) is 0 Å². The van der Waals surface area contributed by atoms with E-state index >= 15 is 0 Å². The summed E-state index contributed by atoms with van der Waals surface area (Å²) in [5.74, 6) is 1.80.